The number of nitrogens with zero attached hydrogens (tertiary/aromatic N) is 1. The molecule has 0 aromatic heterocycles. The van der Waals surface area contributed by atoms with Gasteiger partial charge >= 0.3 is 0 Å². The molecule has 4 nitrogen and oxygen atoms in total. The summed E-state index contributed by atoms with van der Waals surface area (Å²) in [7, 11) is 0. The fourth-order valence-electron chi connectivity index (χ4n) is 3.93. The second kappa shape index (κ2) is 12.6. The van der Waals surface area contributed by atoms with Crippen LogP contribution in [0.3, 0.4) is 0 Å². The Kier molecular flexibility index (Phi) is 9.90. The summed E-state index contributed by atoms with van der Waals surface area (Å²) in [5, 5.41) is 4.06. The molecule has 1 aliphatic carbocycles. The van der Waals surface area contributed by atoms with E-state index in [0.29, 0.717) is 26.9 Å². The predicted molar refractivity (Wildman–Crippen MR) is 134 cm³/mol. The van der Waals surface area contributed by atoms with Crippen molar-refractivity contribution >= 4 is 46.8 Å². The van der Waals surface area contributed by atoms with E-state index in [2.05, 4.69) is 5.32 Å². The zero-order valence-corrected chi connectivity index (χ0v) is 21.0. The van der Waals surface area contributed by atoms with Gasteiger partial charge in [-0.05, 0) is 49.1 Å². The Balaban J connectivity index is 1.69. The van der Waals surface area contributed by atoms with Crippen LogP contribution in [0.2, 0.25) is 10.0 Å². The molecule has 2 amide bonds. The van der Waals surface area contributed by atoms with Crippen molar-refractivity contribution in [3.05, 3.63) is 69.5 Å². The summed E-state index contributed by atoms with van der Waals surface area (Å²) in [4.78, 5) is 27.8. The number of halogens is 3. The second-order valence-corrected chi connectivity index (χ2v) is 10.2. The lowest BCUT2D eigenvalue weighted by atomic mass is 9.95. The van der Waals surface area contributed by atoms with Gasteiger partial charge in [0.1, 0.15) is 11.9 Å². The quantitative estimate of drug-likeness (QED) is 0.434. The molecule has 1 N–H and O–H groups in total. The minimum absolute atomic E-state index is 0.126. The lowest BCUT2D eigenvalue weighted by Gasteiger charge is -2.31. The molecule has 0 saturated heterocycles. The van der Waals surface area contributed by atoms with Gasteiger partial charge in [0, 0.05) is 28.4 Å². The van der Waals surface area contributed by atoms with E-state index in [1.807, 2.05) is 0 Å². The topological polar surface area (TPSA) is 49.4 Å². The van der Waals surface area contributed by atoms with Crippen LogP contribution in [0.1, 0.15) is 50.2 Å². The SMILES string of the molecule is C[C@@H](C(=O)NC1CCCCC1)N(Cc1ccc(Cl)cc1Cl)C(=O)CSCc1ccccc1F. The molecule has 3 rings (SSSR count). The number of amides is 2. The number of carbonyl (C=O) groups excluding carboxylic acids is 2. The highest BCUT2D eigenvalue weighted by Gasteiger charge is 2.28. The fourth-order valence-corrected chi connectivity index (χ4v) is 5.30. The molecular formula is C25H29Cl2FN2O2S. The lowest BCUT2D eigenvalue weighted by Crippen LogP contribution is -2.50. The average molecular weight is 511 g/mol. The van der Waals surface area contributed by atoms with Crippen molar-refractivity contribution in [3.8, 4) is 0 Å². The number of thioether (sulfide) groups is 1. The van der Waals surface area contributed by atoms with Gasteiger partial charge in [-0.15, -0.1) is 11.8 Å². The van der Waals surface area contributed by atoms with Crippen LogP contribution in [0.4, 0.5) is 4.39 Å². The van der Waals surface area contributed by atoms with Crippen molar-refractivity contribution in [1.29, 1.82) is 0 Å². The molecule has 0 heterocycles. The van der Waals surface area contributed by atoms with Gasteiger partial charge in [0.05, 0.1) is 5.75 Å². The molecule has 0 bridgehead atoms. The van der Waals surface area contributed by atoms with Crippen molar-refractivity contribution < 1.29 is 14.0 Å². The smallest absolute Gasteiger partial charge is 0.242 e. The normalized spacial score (nSPS) is 15.2. The number of carbonyl (C=O) groups is 2. The van der Waals surface area contributed by atoms with E-state index in [1.165, 1.54) is 24.2 Å². The van der Waals surface area contributed by atoms with Crippen LogP contribution in [-0.4, -0.2) is 34.6 Å². The van der Waals surface area contributed by atoms with E-state index in [4.69, 9.17) is 23.2 Å². The van der Waals surface area contributed by atoms with E-state index in [1.54, 1.807) is 48.2 Å². The maximum atomic E-state index is 13.9. The zero-order valence-electron chi connectivity index (χ0n) is 18.7. The van der Waals surface area contributed by atoms with Crippen LogP contribution < -0.4 is 5.32 Å². The first kappa shape index (κ1) is 25.9. The van der Waals surface area contributed by atoms with E-state index in [9.17, 15) is 14.0 Å². The van der Waals surface area contributed by atoms with Crippen molar-refractivity contribution in [3.63, 3.8) is 0 Å². The molecule has 1 aliphatic rings. The zero-order chi connectivity index (χ0) is 23.8. The predicted octanol–water partition coefficient (Wildman–Crippen LogP) is 6.23. The summed E-state index contributed by atoms with van der Waals surface area (Å²) in [6.07, 6.45) is 5.34. The average Bonchev–Trinajstić information content (AvgIpc) is 2.80. The summed E-state index contributed by atoms with van der Waals surface area (Å²) in [5.74, 6) is -0.160. The van der Waals surface area contributed by atoms with E-state index in [0.717, 1.165) is 25.7 Å². The fraction of sp³-hybridized carbons (Fsp3) is 0.440. The van der Waals surface area contributed by atoms with E-state index in [-0.39, 0.29) is 36.0 Å². The third kappa shape index (κ3) is 7.62. The minimum Gasteiger partial charge on any atom is -0.352 e. The van der Waals surface area contributed by atoms with Gasteiger partial charge < -0.3 is 10.2 Å². The van der Waals surface area contributed by atoms with Crippen LogP contribution in [0.25, 0.3) is 0 Å². The Hall–Kier alpha value is -1.76. The highest BCUT2D eigenvalue weighted by molar-refractivity contribution is 7.99. The number of hydrogen-bond donors (Lipinski definition) is 1. The highest BCUT2D eigenvalue weighted by Crippen LogP contribution is 2.24. The molecule has 0 unspecified atom stereocenters. The summed E-state index contributed by atoms with van der Waals surface area (Å²) in [6, 6.07) is 11.1. The highest BCUT2D eigenvalue weighted by atomic mass is 35.5. The Morgan fingerprint density at radius 3 is 2.55 bits per heavy atom. The van der Waals surface area contributed by atoms with E-state index < -0.39 is 6.04 Å². The van der Waals surface area contributed by atoms with Crippen LogP contribution in [-0.2, 0) is 21.9 Å². The van der Waals surface area contributed by atoms with Crippen molar-refractivity contribution in [2.45, 2.75) is 63.4 Å². The molecule has 2 aromatic rings. The first-order valence-electron chi connectivity index (χ1n) is 11.2. The van der Waals surface area contributed by atoms with Crippen LogP contribution in [0.5, 0.6) is 0 Å². The molecule has 0 radical (unpaired) electrons. The Bertz CT molecular complexity index is 969. The summed E-state index contributed by atoms with van der Waals surface area (Å²) >= 11 is 13.7. The largest absolute Gasteiger partial charge is 0.352 e. The molecule has 0 spiro atoms. The monoisotopic (exact) mass is 510 g/mol. The molecule has 1 atom stereocenters. The minimum atomic E-state index is -0.666. The maximum Gasteiger partial charge on any atom is 0.242 e. The third-order valence-corrected chi connectivity index (χ3v) is 7.47. The number of rotatable bonds is 9. The summed E-state index contributed by atoms with van der Waals surface area (Å²) in [5.41, 5.74) is 1.26. The van der Waals surface area contributed by atoms with Crippen molar-refractivity contribution in [2.75, 3.05) is 5.75 Å². The molecule has 0 aliphatic heterocycles. The van der Waals surface area contributed by atoms with Gasteiger partial charge in [-0.2, -0.15) is 0 Å². The molecule has 1 fully saturated rings. The molecule has 2 aromatic carbocycles. The molecule has 8 heteroatoms. The van der Waals surface area contributed by atoms with Crippen molar-refractivity contribution in [2.24, 2.45) is 0 Å². The Morgan fingerprint density at radius 2 is 1.85 bits per heavy atom. The van der Waals surface area contributed by atoms with Gasteiger partial charge in [-0.25, -0.2) is 4.39 Å². The van der Waals surface area contributed by atoms with Gasteiger partial charge in [0.25, 0.3) is 0 Å². The lowest BCUT2D eigenvalue weighted by molar-refractivity contribution is -0.139. The summed E-state index contributed by atoms with van der Waals surface area (Å²) < 4.78 is 13.9. The molecular weight excluding hydrogens is 482 g/mol. The Morgan fingerprint density at radius 1 is 1.12 bits per heavy atom. The molecule has 1 saturated carbocycles. The van der Waals surface area contributed by atoms with Crippen LogP contribution in [0, 0.1) is 5.82 Å². The second-order valence-electron chi connectivity index (χ2n) is 8.36. The van der Waals surface area contributed by atoms with Gasteiger partial charge in [0.15, 0.2) is 0 Å². The van der Waals surface area contributed by atoms with Crippen molar-refractivity contribution in [1.82, 2.24) is 10.2 Å². The standard InChI is InChI=1S/C25H29Cl2FN2O2S/c1-17(25(32)29-21-8-3-2-4-9-21)30(14-18-11-12-20(26)13-22(18)27)24(31)16-33-15-19-7-5-6-10-23(19)28/h5-7,10-13,17,21H,2-4,8-9,14-16H2,1H3,(H,29,32)/t17-/m0/s1. The van der Waals surface area contributed by atoms with E-state index >= 15 is 0 Å². The molecule has 178 valence electrons. The molecule has 33 heavy (non-hydrogen) atoms. The first-order chi connectivity index (χ1) is 15.8. The Labute approximate surface area is 209 Å². The first-order valence-corrected chi connectivity index (χ1v) is 13.1. The summed E-state index contributed by atoms with van der Waals surface area (Å²) in [6.45, 7) is 1.93. The third-order valence-electron chi connectivity index (χ3n) is 5.92. The maximum absolute atomic E-state index is 13.9. The van der Waals surface area contributed by atoms with Crippen LogP contribution >= 0.6 is 35.0 Å². The number of benzene rings is 2. The number of nitrogens with one attached hydrogen (secondary N) is 1. The van der Waals surface area contributed by atoms with Gasteiger partial charge in [-0.1, -0.05) is 66.7 Å². The van der Waals surface area contributed by atoms with Gasteiger partial charge in [-0.3, -0.25) is 9.59 Å². The van der Waals surface area contributed by atoms with Gasteiger partial charge in [0.2, 0.25) is 11.8 Å². The van der Waals surface area contributed by atoms with Crippen LogP contribution in [0.15, 0.2) is 42.5 Å². The number of hydrogen-bond acceptors (Lipinski definition) is 3.